The van der Waals surface area contributed by atoms with E-state index in [0.29, 0.717) is 17.4 Å². The lowest BCUT2D eigenvalue weighted by Gasteiger charge is -2.17. The first-order valence-corrected chi connectivity index (χ1v) is 10.1. The van der Waals surface area contributed by atoms with Crippen LogP contribution >= 0.6 is 0 Å². The van der Waals surface area contributed by atoms with E-state index in [4.69, 9.17) is 4.52 Å². The zero-order valence-corrected chi connectivity index (χ0v) is 15.4. The summed E-state index contributed by atoms with van der Waals surface area (Å²) in [4.78, 5) is 4.41. The fraction of sp³-hybridized carbons (Fsp3) is 0.529. The first-order valence-electron chi connectivity index (χ1n) is 8.64. The van der Waals surface area contributed by atoms with E-state index >= 15 is 0 Å². The molecule has 1 saturated carbocycles. The van der Waals surface area contributed by atoms with E-state index in [2.05, 4.69) is 20.2 Å². The molecule has 0 bridgehead atoms. The van der Waals surface area contributed by atoms with E-state index < -0.39 is 10.0 Å². The maximum absolute atomic E-state index is 12.5. The highest BCUT2D eigenvalue weighted by molar-refractivity contribution is 7.92. The Bertz CT molecular complexity index is 787. The zero-order valence-electron chi connectivity index (χ0n) is 14.6. The predicted molar refractivity (Wildman–Crippen MR) is 96.1 cm³/mol. The molecule has 25 heavy (non-hydrogen) atoms. The molecule has 0 amide bonds. The van der Waals surface area contributed by atoms with E-state index in [1.807, 2.05) is 0 Å². The topological polar surface area (TPSA) is 97.1 Å². The van der Waals surface area contributed by atoms with Crippen molar-refractivity contribution in [2.24, 2.45) is 0 Å². The summed E-state index contributed by atoms with van der Waals surface area (Å²) < 4.78 is 32.4. The van der Waals surface area contributed by atoms with Crippen molar-refractivity contribution >= 4 is 21.5 Å². The number of aryl methyl sites for hydroxylation is 2. The van der Waals surface area contributed by atoms with Crippen molar-refractivity contribution in [2.45, 2.75) is 63.3 Å². The van der Waals surface area contributed by atoms with Gasteiger partial charge in [-0.2, -0.15) is 0 Å². The lowest BCUT2D eigenvalue weighted by Crippen LogP contribution is -2.19. The predicted octanol–water partition coefficient (Wildman–Crippen LogP) is 3.62. The summed E-state index contributed by atoms with van der Waals surface area (Å²) in [5.41, 5.74) is 0.746. The molecule has 0 atom stereocenters. The average Bonchev–Trinajstić information content (AvgIpc) is 2.75. The van der Waals surface area contributed by atoms with E-state index in [0.717, 1.165) is 18.7 Å². The van der Waals surface area contributed by atoms with Crippen molar-refractivity contribution in [2.75, 3.05) is 10.0 Å². The van der Waals surface area contributed by atoms with Crippen LogP contribution in [0.15, 0.2) is 27.7 Å². The minimum Gasteiger partial charge on any atom is -0.367 e. The molecule has 1 fully saturated rings. The second-order valence-corrected chi connectivity index (χ2v) is 8.14. The van der Waals surface area contributed by atoms with Crippen molar-refractivity contribution in [3.8, 4) is 0 Å². The van der Waals surface area contributed by atoms with Crippen LogP contribution in [0.4, 0.5) is 11.5 Å². The Hall–Kier alpha value is -2.09. The van der Waals surface area contributed by atoms with Gasteiger partial charge in [-0.05, 0) is 38.8 Å². The number of pyridine rings is 1. The number of hydrogen-bond acceptors (Lipinski definition) is 6. The smallest absolute Gasteiger partial charge is 0.267 e. The summed E-state index contributed by atoms with van der Waals surface area (Å²) in [7, 11) is -3.74. The molecule has 1 aliphatic carbocycles. The van der Waals surface area contributed by atoms with Gasteiger partial charge in [-0.1, -0.05) is 30.8 Å². The molecule has 2 heterocycles. The SMILES string of the molecule is Cc1noc(C)c1S(=O)(=O)Nc1ccc(NC2CCCCCC2)nc1. The van der Waals surface area contributed by atoms with Gasteiger partial charge in [-0.15, -0.1) is 0 Å². The van der Waals surface area contributed by atoms with Crippen molar-refractivity contribution in [3.63, 3.8) is 0 Å². The summed E-state index contributed by atoms with van der Waals surface area (Å²) in [5, 5.41) is 7.13. The van der Waals surface area contributed by atoms with Gasteiger partial charge in [0.1, 0.15) is 11.5 Å². The van der Waals surface area contributed by atoms with E-state index in [1.54, 1.807) is 26.0 Å². The summed E-state index contributed by atoms with van der Waals surface area (Å²) in [6.07, 6.45) is 8.92. The third-order valence-corrected chi connectivity index (χ3v) is 6.08. The zero-order chi connectivity index (χ0) is 17.9. The molecule has 0 spiro atoms. The lowest BCUT2D eigenvalue weighted by molar-refractivity contribution is 0.390. The molecule has 3 rings (SSSR count). The van der Waals surface area contributed by atoms with Gasteiger partial charge in [0.05, 0.1) is 11.9 Å². The quantitative estimate of drug-likeness (QED) is 0.787. The van der Waals surface area contributed by atoms with Crippen LogP contribution in [-0.2, 0) is 10.0 Å². The van der Waals surface area contributed by atoms with Crippen LogP contribution in [0.5, 0.6) is 0 Å². The van der Waals surface area contributed by atoms with E-state index in [9.17, 15) is 8.42 Å². The Morgan fingerprint density at radius 1 is 1.12 bits per heavy atom. The summed E-state index contributed by atoms with van der Waals surface area (Å²) in [5.74, 6) is 1.04. The van der Waals surface area contributed by atoms with E-state index in [-0.39, 0.29) is 10.7 Å². The highest BCUT2D eigenvalue weighted by Gasteiger charge is 2.24. The summed E-state index contributed by atoms with van der Waals surface area (Å²) >= 11 is 0. The largest absolute Gasteiger partial charge is 0.367 e. The third-order valence-electron chi connectivity index (χ3n) is 4.46. The van der Waals surface area contributed by atoms with Gasteiger partial charge in [0.15, 0.2) is 10.7 Å². The molecule has 0 radical (unpaired) electrons. The molecule has 0 aromatic carbocycles. The number of nitrogens with one attached hydrogen (secondary N) is 2. The molecule has 0 aliphatic heterocycles. The highest BCUT2D eigenvalue weighted by atomic mass is 32.2. The van der Waals surface area contributed by atoms with Gasteiger partial charge in [0.25, 0.3) is 10.0 Å². The van der Waals surface area contributed by atoms with Gasteiger partial charge >= 0.3 is 0 Å². The van der Waals surface area contributed by atoms with Crippen LogP contribution < -0.4 is 10.0 Å². The van der Waals surface area contributed by atoms with Crippen molar-refractivity contribution < 1.29 is 12.9 Å². The van der Waals surface area contributed by atoms with Crippen molar-refractivity contribution in [1.82, 2.24) is 10.1 Å². The van der Waals surface area contributed by atoms with Crippen molar-refractivity contribution in [3.05, 3.63) is 29.8 Å². The number of aromatic nitrogens is 2. The second kappa shape index (κ2) is 7.43. The number of hydrogen-bond donors (Lipinski definition) is 2. The second-order valence-electron chi connectivity index (χ2n) is 6.52. The van der Waals surface area contributed by atoms with Crippen LogP contribution in [0.25, 0.3) is 0 Å². The molecule has 8 heteroatoms. The van der Waals surface area contributed by atoms with Crippen LogP contribution in [0, 0.1) is 13.8 Å². The lowest BCUT2D eigenvalue weighted by atomic mass is 10.1. The van der Waals surface area contributed by atoms with Gasteiger partial charge < -0.3 is 9.84 Å². The number of rotatable bonds is 5. The Labute approximate surface area is 148 Å². The fourth-order valence-corrected chi connectivity index (χ4v) is 4.61. The molecule has 1 aliphatic rings. The number of nitrogens with zero attached hydrogens (tertiary/aromatic N) is 2. The summed E-state index contributed by atoms with van der Waals surface area (Å²) in [6.45, 7) is 3.18. The highest BCUT2D eigenvalue weighted by Crippen LogP contribution is 2.24. The van der Waals surface area contributed by atoms with Crippen LogP contribution in [-0.4, -0.2) is 24.6 Å². The number of sulfonamides is 1. The molecule has 2 aromatic rings. The molecule has 2 aromatic heterocycles. The minimum absolute atomic E-state index is 0.0770. The maximum atomic E-state index is 12.5. The van der Waals surface area contributed by atoms with E-state index in [1.165, 1.54) is 31.9 Å². The molecular weight excluding hydrogens is 340 g/mol. The Morgan fingerprint density at radius 2 is 1.84 bits per heavy atom. The summed E-state index contributed by atoms with van der Waals surface area (Å²) in [6, 6.07) is 3.96. The molecule has 2 N–H and O–H groups in total. The minimum atomic E-state index is -3.74. The van der Waals surface area contributed by atoms with Gasteiger partial charge in [0.2, 0.25) is 0 Å². The van der Waals surface area contributed by atoms with Crippen LogP contribution in [0.2, 0.25) is 0 Å². The third kappa shape index (κ3) is 4.31. The first-order chi connectivity index (χ1) is 12.0. The number of anilines is 2. The van der Waals surface area contributed by atoms with Gasteiger partial charge in [0, 0.05) is 6.04 Å². The molecule has 7 nitrogen and oxygen atoms in total. The Balaban J connectivity index is 1.68. The Kier molecular flexibility index (Phi) is 5.27. The fourth-order valence-electron chi connectivity index (χ4n) is 3.24. The monoisotopic (exact) mass is 364 g/mol. The van der Waals surface area contributed by atoms with Gasteiger partial charge in [-0.25, -0.2) is 13.4 Å². The average molecular weight is 364 g/mol. The Morgan fingerprint density at radius 3 is 2.40 bits per heavy atom. The standard InChI is InChI=1S/C17H24N4O3S/c1-12-17(13(2)24-20-12)25(22,23)21-15-9-10-16(18-11-15)19-14-7-5-3-4-6-8-14/h9-11,14,21H,3-8H2,1-2H3,(H,18,19). The van der Waals surface area contributed by atoms with Gasteiger partial charge in [-0.3, -0.25) is 4.72 Å². The molecule has 136 valence electrons. The molecule has 0 saturated heterocycles. The van der Waals surface area contributed by atoms with Crippen molar-refractivity contribution in [1.29, 1.82) is 0 Å². The van der Waals surface area contributed by atoms with Crippen LogP contribution in [0.3, 0.4) is 0 Å². The molecular formula is C17H24N4O3S. The molecule has 0 unspecified atom stereocenters. The maximum Gasteiger partial charge on any atom is 0.267 e. The first kappa shape index (κ1) is 17.7. The normalized spacial score (nSPS) is 16.4. The van der Waals surface area contributed by atoms with Crippen LogP contribution in [0.1, 0.15) is 50.0 Å².